The molecule has 23 nitrogen and oxygen atoms in total. The highest BCUT2D eigenvalue weighted by Gasteiger charge is 2.81. The fourth-order valence-electron chi connectivity index (χ4n) is 16.6. The van der Waals surface area contributed by atoms with Gasteiger partial charge in [-0.3, -0.25) is 4.79 Å². The van der Waals surface area contributed by atoms with Gasteiger partial charge in [0, 0.05) is 78.6 Å². The minimum atomic E-state index is -2.04. The summed E-state index contributed by atoms with van der Waals surface area (Å²) in [5, 5.41) is 79.5. The van der Waals surface area contributed by atoms with Gasteiger partial charge in [-0.15, -0.1) is 0 Å². The van der Waals surface area contributed by atoms with E-state index in [9.17, 15) is 45.3 Å². The van der Waals surface area contributed by atoms with Crippen LogP contribution in [0.3, 0.4) is 0 Å². The Morgan fingerprint density at radius 2 is 1.09 bits per heavy atom. The summed E-state index contributed by atoms with van der Waals surface area (Å²) in [6.07, 6.45) is -8.65. The second kappa shape index (κ2) is 26.8. The van der Waals surface area contributed by atoms with E-state index in [0.29, 0.717) is 38.5 Å². The first kappa shape index (κ1) is 68.2. The number of ketones is 1. The van der Waals surface area contributed by atoms with Crippen molar-refractivity contribution in [3.63, 3.8) is 0 Å². The van der Waals surface area contributed by atoms with Crippen LogP contribution in [0.15, 0.2) is 23.3 Å². The van der Waals surface area contributed by atoms with Crippen molar-refractivity contribution >= 4 is 11.8 Å². The van der Waals surface area contributed by atoms with Crippen LogP contribution in [0.2, 0.25) is 0 Å². The van der Waals surface area contributed by atoms with Gasteiger partial charge in [-0.1, -0.05) is 38.0 Å². The summed E-state index contributed by atoms with van der Waals surface area (Å²) >= 11 is 0. The molecule has 0 aromatic heterocycles. The first-order valence-corrected chi connectivity index (χ1v) is 31.5. The highest BCUT2D eigenvalue weighted by atomic mass is 16.8. The number of hydrogen-bond acceptors (Lipinski definition) is 23. The number of aliphatic hydroxyl groups excluding tert-OH is 4. The Morgan fingerprint density at radius 1 is 0.628 bits per heavy atom. The van der Waals surface area contributed by atoms with Crippen molar-refractivity contribution in [1.29, 1.82) is 0 Å². The van der Waals surface area contributed by atoms with Gasteiger partial charge in [0.05, 0.1) is 72.6 Å². The van der Waals surface area contributed by atoms with Crippen molar-refractivity contribution in [3.05, 3.63) is 23.3 Å². The number of hydrogen-bond donors (Lipinski definition) is 7. The van der Waals surface area contributed by atoms with Crippen LogP contribution in [0.25, 0.3) is 0 Å². The molecule has 4 heterocycles. The number of ether oxygens (including phenoxy) is 14. The van der Waals surface area contributed by atoms with Gasteiger partial charge >= 0.3 is 5.97 Å². The normalized spacial score (nSPS) is 50.0. The first-order valence-electron chi connectivity index (χ1n) is 31.5. The van der Waals surface area contributed by atoms with Crippen molar-refractivity contribution in [2.45, 2.75) is 298 Å². The van der Waals surface area contributed by atoms with Gasteiger partial charge in [-0.05, 0) is 111 Å². The number of carbonyl (C=O) groups excluding carboxylic acids is 2. The van der Waals surface area contributed by atoms with Crippen LogP contribution in [-0.4, -0.2) is 234 Å². The smallest absolute Gasteiger partial charge is 0.330 e. The van der Waals surface area contributed by atoms with Crippen LogP contribution < -0.4 is 0 Å². The van der Waals surface area contributed by atoms with E-state index in [1.54, 1.807) is 35.4 Å². The third-order valence-electron chi connectivity index (χ3n) is 22.3. The molecule has 4 saturated heterocycles. The van der Waals surface area contributed by atoms with Crippen molar-refractivity contribution in [2.75, 3.05) is 35.0 Å². The molecule has 0 aromatic rings. The maximum Gasteiger partial charge on any atom is 0.330 e. The molecule has 23 heteroatoms. The highest BCUT2D eigenvalue weighted by molar-refractivity contribution is 5.87. The number of fused-ring (bicyclic) bond motifs is 5. The monoisotopic (exact) mass is 1230 g/mol. The molecule has 86 heavy (non-hydrogen) atoms. The second-order valence-corrected chi connectivity index (χ2v) is 27.2. The minimum absolute atomic E-state index is 0.0469. The van der Waals surface area contributed by atoms with E-state index in [4.69, 9.17) is 66.3 Å². The van der Waals surface area contributed by atoms with Gasteiger partial charge in [0.25, 0.3) is 0 Å². The average Bonchev–Trinajstić information content (AvgIpc) is 1.34. The quantitative estimate of drug-likeness (QED) is 0.0552. The molecular weight excluding hydrogens is 1120 g/mol. The zero-order valence-electron chi connectivity index (χ0n) is 52.9. The Kier molecular flexibility index (Phi) is 21.3. The van der Waals surface area contributed by atoms with Crippen molar-refractivity contribution in [2.24, 2.45) is 28.6 Å². The molecule has 29 atom stereocenters. The van der Waals surface area contributed by atoms with Gasteiger partial charge in [0.2, 0.25) is 0 Å². The molecule has 8 fully saturated rings. The number of allylic oxidation sites excluding steroid dienone is 1. The van der Waals surface area contributed by atoms with Crippen molar-refractivity contribution in [3.8, 4) is 0 Å². The third-order valence-corrected chi connectivity index (χ3v) is 22.3. The zero-order chi connectivity index (χ0) is 62.7. The largest absolute Gasteiger partial charge is 0.458 e. The van der Waals surface area contributed by atoms with Crippen LogP contribution in [-0.2, 0) is 75.9 Å². The predicted octanol–water partition coefficient (Wildman–Crippen LogP) is 3.61. The summed E-state index contributed by atoms with van der Waals surface area (Å²) in [4.78, 5) is 27.0. The van der Waals surface area contributed by atoms with Crippen LogP contribution in [0.4, 0.5) is 0 Å². The third kappa shape index (κ3) is 12.4. The molecule has 4 saturated carbocycles. The highest BCUT2D eigenvalue weighted by Crippen LogP contribution is 2.71. The Hall–Kier alpha value is -2.18. The second-order valence-electron chi connectivity index (χ2n) is 27.2. The molecule has 9 aliphatic rings. The molecule has 0 unspecified atom stereocenters. The molecule has 7 N–H and O–H groups in total. The summed E-state index contributed by atoms with van der Waals surface area (Å²) in [5.41, 5.74) is -6.21. The number of methoxy groups -OCH3 is 4. The lowest BCUT2D eigenvalue weighted by Gasteiger charge is -2.67. The summed E-state index contributed by atoms with van der Waals surface area (Å²) in [6.45, 7) is 17.9. The van der Waals surface area contributed by atoms with Gasteiger partial charge in [-0.25, -0.2) is 4.79 Å². The van der Waals surface area contributed by atoms with Gasteiger partial charge in [0.15, 0.2) is 30.9 Å². The number of aliphatic hydroxyl groups is 7. The van der Waals surface area contributed by atoms with E-state index in [-0.39, 0.29) is 57.2 Å². The van der Waals surface area contributed by atoms with Crippen molar-refractivity contribution in [1.82, 2.24) is 0 Å². The lowest BCUT2D eigenvalue weighted by atomic mass is 9.42. The van der Waals surface area contributed by atoms with Crippen LogP contribution >= 0.6 is 0 Å². The van der Waals surface area contributed by atoms with E-state index < -0.39 is 180 Å². The Labute approximate surface area is 506 Å². The van der Waals surface area contributed by atoms with E-state index >= 15 is 0 Å². The molecule has 9 rings (SSSR count). The van der Waals surface area contributed by atoms with Crippen LogP contribution in [0, 0.1) is 28.6 Å². The van der Waals surface area contributed by atoms with E-state index in [1.807, 2.05) is 54.5 Å². The predicted molar refractivity (Wildman–Crippen MR) is 304 cm³/mol. The molecule has 0 spiro atoms. The molecule has 0 bridgehead atoms. The summed E-state index contributed by atoms with van der Waals surface area (Å²) in [5.74, 6) is -2.33. The molecule has 0 amide bonds. The zero-order valence-corrected chi connectivity index (χ0v) is 52.9. The fraction of sp³-hybridized carbons (Fsp3) is 0.905. The Balaban J connectivity index is 0.779. The number of Topliss-reactive ketones (excluding diaryl/α,β-unsaturated/α-hetero) is 1. The van der Waals surface area contributed by atoms with E-state index in [0.717, 1.165) is 11.1 Å². The maximum atomic E-state index is 13.6. The fourth-order valence-corrected chi connectivity index (χ4v) is 16.6. The Bertz CT molecular complexity index is 2390. The summed E-state index contributed by atoms with van der Waals surface area (Å²) < 4.78 is 89.2. The van der Waals surface area contributed by atoms with Crippen LogP contribution in [0.1, 0.15) is 146 Å². The molecule has 4 aliphatic heterocycles. The van der Waals surface area contributed by atoms with Crippen molar-refractivity contribution < 1.29 is 112 Å². The first-order chi connectivity index (χ1) is 40.5. The molecule has 5 aliphatic carbocycles. The molecule has 492 valence electrons. The average molecular weight is 1230 g/mol. The van der Waals surface area contributed by atoms with Gasteiger partial charge in [-0.2, -0.15) is 0 Å². The van der Waals surface area contributed by atoms with Crippen LogP contribution in [0.5, 0.6) is 0 Å². The molecular formula is C63H102O23. The Morgan fingerprint density at radius 3 is 1.53 bits per heavy atom. The standard InChI is InChI=1S/C63H102O23/c1-30(2)31(3)21-47(66)83-46-28-45-59(9)17-16-39(23-38(59)15-18-62(45,71)63(72)20-19-61(70,36(8)65)60(46,63)10)81-48-24-42(74-12)56(33(5)77-48)85-50-26-44(76-14)58(35(7)79-50)86-51-27-43(75-13)57(34(6)80-51)84-49-25-41(73-11)55(32(4)78-49)82-40-22-37(29-64)52(67)54(69)53(40)68/h15,21,30,32-35,37,39-46,48-58,64,67-72H,16-20,22-29H2,1-14H3/b31-21+/t32-,33+,34+,35-,37+,39-,40+,41+,42-,43-,44-,45+,46+,48-,49-,50-,51-,52+,53-,54-,55-,56+,57+,58+,59-,60+,61+,62-,63+/m0/s1. The number of esters is 1. The molecule has 0 aromatic carbocycles. The SMILES string of the molecule is CO[C@H]1C[C@H](O[C@H]2[C@@H](OC)C[C@H](O[C@H]3CC[C@@]4(C)C(=CC[C@]5(O)[C@@H]4C[C@@H](OC(=O)/C=C(\C)C(C)C)[C@@]4(C)[C@]5(O)CC[C@@]4(O)C(C)=O)C3)O[C@@H]2C)O[C@@H](C)[C@H]1O[C@H]1C[C@H](OC)[C@H](O[C@H]2C[C@@H](OC)[C@@H](O[C@@H]3C[C@H](CO)[C@@H](O)[C@H](O)[C@H]3O)[C@H](C)O2)[C@@H](C)O1. The van der Waals surface area contributed by atoms with Gasteiger partial charge in [0.1, 0.15) is 59.5 Å². The topological polar surface area (TPSA) is 305 Å². The molecule has 0 radical (unpaired) electrons. The maximum absolute atomic E-state index is 13.6. The van der Waals surface area contributed by atoms with Gasteiger partial charge < -0.3 is 102 Å². The summed E-state index contributed by atoms with van der Waals surface area (Å²) in [6, 6.07) is 0. The number of rotatable bonds is 19. The lowest BCUT2D eigenvalue weighted by molar-refractivity contribution is -0.349. The summed E-state index contributed by atoms with van der Waals surface area (Å²) in [7, 11) is 6.41. The lowest BCUT2D eigenvalue weighted by Crippen LogP contribution is -2.78. The van der Waals surface area contributed by atoms with E-state index in [1.165, 1.54) is 13.0 Å². The minimum Gasteiger partial charge on any atom is -0.458 e. The number of carbonyl (C=O) groups is 2. The van der Waals surface area contributed by atoms with E-state index in [2.05, 4.69) is 6.92 Å².